The monoisotopic (exact) mass is 178 g/mol. The number of nitrogens with zero attached hydrogens (tertiary/aromatic N) is 2. The molecular weight excluding hydrogens is 168 g/mol. The van der Waals surface area contributed by atoms with Gasteiger partial charge in [0.15, 0.2) is 5.16 Å². The van der Waals surface area contributed by atoms with Gasteiger partial charge >= 0.3 is 0 Å². The van der Waals surface area contributed by atoms with Crippen molar-refractivity contribution < 1.29 is 0 Å². The number of aromatic nitrogens is 2. The highest BCUT2D eigenvalue weighted by Gasteiger charge is 1.99. The summed E-state index contributed by atoms with van der Waals surface area (Å²) in [4.78, 5) is 4.31. The fraction of sp³-hybridized carbons (Fsp3) is 0.222. The Morgan fingerprint density at radius 2 is 2.42 bits per heavy atom. The fourth-order valence-corrected chi connectivity index (χ4v) is 1.85. The maximum absolute atomic E-state index is 4.31. The Morgan fingerprint density at radius 1 is 1.50 bits per heavy atom. The summed E-state index contributed by atoms with van der Waals surface area (Å²) in [6.45, 7) is 2.13. The second-order valence-corrected chi connectivity index (χ2v) is 3.70. The summed E-state index contributed by atoms with van der Waals surface area (Å²) in [5, 5.41) is 1.08. The molecule has 0 spiro atoms. The molecule has 0 aliphatic carbocycles. The van der Waals surface area contributed by atoms with Gasteiger partial charge in [0.05, 0.1) is 11.7 Å². The van der Waals surface area contributed by atoms with Crippen LogP contribution in [0.3, 0.4) is 0 Å². The SMILES string of the molecule is CCSc1ncc2ccccn12. The summed E-state index contributed by atoms with van der Waals surface area (Å²) in [7, 11) is 0. The van der Waals surface area contributed by atoms with E-state index in [0.29, 0.717) is 0 Å². The van der Waals surface area contributed by atoms with E-state index in [-0.39, 0.29) is 0 Å². The minimum Gasteiger partial charge on any atom is -0.295 e. The van der Waals surface area contributed by atoms with E-state index in [9.17, 15) is 0 Å². The lowest BCUT2D eigenvalue weighted by atomic mass is 10.4. The van der Waals surface area contributed by atoms with Crippen LogP contribution < -0.4 is 0 Å². The van der Waals surface area contributed by atoms with E-state index in [2.05, 4.69) is 22.4 Å². The Bertz CT molecular complexity index is 381. The molecule has 2 aromatic rings. The van der Waals surface area contributed by atoms with Crippen LogP contribution in [0.5, 0.6) is 0 Å². The van der Waals surface area contributed by atoms with Crippen molar-refractivity contribution in [3.63, 3.8) is 0 Å². The predicted octanol–water partition coefficient (Wildman–Crippen LogP) is 2.45. The smallest absolute Gasteiger partial charge is 0.172 e. The second-order valence-electron chi connectivity index (χ2n) is 2.47. The summed E-state index contributed by atoms with van der Waals surface area (Å²) in [5.41, 5.74) is 1.16. The van der Waals surface area contributed by atoms with Gasteiger partial charge in [-0.1, -0.05) is 24.8 Å². The number of rotatable bonds is 2. The van der Waals surface area contributed by atoms with Gasteiger partial charge in [0.1, 0.15) is 0 Å². The third kappa shape index (κ3) is 1.20. The van der Waals surface area contributed by atoms with Crippen LogP contribution in [0.25, 0.3) is 5.52 Å². The first-order valence-corrected chi connectivity index (χ1v) is 4.95. The zero-order valence-electron chi connectivity index (χ0n) is 6.90. The molecule has 2 aromatic heterocycles. The van der Waals surface area contributed by atoms with Crippen LogP contribution in [-0.4, -0.2) is 15.1 Å². The second kappa shape index (κ2) is 3.19. The van der Waals surface area contributed by atoms with Crippen molar-refractivity contribution in [2.45, 2.75) is 12.1 Å². The fourth-order valence-electron chi connectivity index (χ4n) is 1.16. The minimum absolute atomic E-state index is 1.06. The first-order chi connectivity index (χ1) is 5.92. The number of hydrogen-bond acceptors (Lipinski definition) is 2. The standard InChI is InChI=1S/C9H10N2S/c1-2-12-9-10-7-8-5-3-4-6-11(8)9/h3-7H,2H2,1H3. The van der Waals surface area contributed by atoms with E-state index >= 15 is 0 Å². The lowest BCUT2D eigenvalue weighted by Gasteiger charge is -1.96. The van der Waals surface area contributed by atoms with Crippen molar-refractivity contribution in [3.8, 4) is 0 Å². The van der Waals surface area contributed by atoms with Crippen molar-refractivity contribution in [2.24, 2.45) is 0 Å². The quantitative estimate of drug-likeness (QED) is 0.657. The van der Waals surface area contributed by atoms with E-state index in [1.54, 1.807) is 11.8 Å². The van der Waals surface area contributed by atoms with Crippen molar-refractivity contribution in [2.75, 3.05) is 5.75 Å². The van der Waals surface area contributed by atoms with Gasteiger partial charge in [-0.15, -0.1) is 0 Å². The molecule has 0 aliphatic heterocycles. The maximum atomic E-state index is 4.31. The molecule has 0 unspecified atom stereocenters. The summed E-state index contributed by atoms with van der Waals surface area (Å²) >= 11 is 1.76. The molecule has 0 saturated carbocycles. The summed E-state index contributed by atoms with van der Waals surface area (Å²) in [6.07, 6.45) is 3.94. The van der Waals surface area contributed by atoms with Crippen LogP contribution in [0, 0.1) is 0 Å². The van der Waals surface area contributed by atoms with E-state index in [1.165, 1.54) is 0 Å². The van der Waals surface area contributed by atoms with Crippen LogP contribution in [-0.2, 0) is 0 Å². The van der Waals surface area contributed by atoms with Crippen LogP contribution in [0.2, 0.25) is 0 Å². The highest BCUT2D eigenvalue weighted by atomic mass is 32.2. The van der Waals surface area contributed by atoms with Crippen LogP contribution in [0.1, 0.15) is 6.92 Å². The minimum atomic E-state index is 1.06. The summed E-state index contributed by atoms with van der Waals surface area (Å²) in [6, 6.07) is 6.11. The number of fused-ring (bicyclic) bond motifs is 1. The molecule has 0 radical (unpaired) electrons. The van der Waals surface area contributed by atoms with Crippen LogP contribution >= 0.6 is 11.8 Å². The molecule has 0 bridgehead atoms. The molecule has 2 heterocycles. The predicted molar refractivity (Wildman–Crippen MR) is 51.6 cm³/mol. The van der Waals surface area contributed by atoms with E-state index < -0.39 is 0 Å². The number of thioether (sulfide) groups is 1. The highest BCUT2D eigenvalue weighted by molar-refractivity contribution is 7.99. The Labute approximate surface area is 75.6 Å². The third-order valence-corrected chi connectivity index (χ3v) is 2.53. The largest absolute Gasteiger partial charge is 0.295 e. The molecule has 3 heteroatoms. The lowest BCUT2D eigenvalue weighted by Crippen LogP contribution is -1.85. The maximum Gasteiger partial charge on any atom is 0.172 e. The van der Waals surface area contributed by atoms with Crippen LogP contribution in [0.15, 0.2) is 35.7 Å². The third-order valence-electron chi connectivity index (χ3n) is 1.68. The Morgan fingerprint density at radius 3 is 3.25 bits per heavy atom. The van der Waals surface area contributed by atoms with Gasteiger partial charge in [0.2, 0.25) is 0 Å². The van der Waals surface area contributed by atoms with Crippen molar-refractivity contribution >= 4 is 17.3 Å². The van der Waals surface area contributed by atoms with Gasteiger partial charge < -0.3 is 0 Å². The molecule has 0 N–H and O–H groups in total. The van der Waals surface area contributed by atoms with Gasteiger partial charge in [-0.3, -0.25) is 4.40 Å². The molecule has 0 saturated heterocycles. The molecule has 0 aliphatic rings. The van der Waals surface area contributed by atoms with Crippen molar-refractivity contribution in [1.29, 1.82) is 0 Å². The molecule has 2 nitrogen and oxygen atoms in total. The zero-order chi connectivity index (χ0) is 8.39. The van der Waals surface area contributed by atoms with E-state index in [0.717, 1.165) is 16.4 Å². The molecule has 0 aromatic carbocycles. The molecule has 0 amide bonds. The topological polar surface area (TPSA) is 17.3 Å². The van der Waals surface area contributed by atoms with Crippen LogP contribution in [0.4, 0.5) is 0 Å². The van der Waals surface area contributed by atoms with Gasteiger partial charge in [-0.05, 0) is 17.9 Å². The van der Waals surface area contributed by atoms with Crippen molar-refractivity contribution in [1.82, 2.24) is 9.38 Å². The average Bonchev–Trinajstić information content (AvgIpc) is 2.50. The molecule has 0 atom stereocenters. The molecule has 62 valence electrons. The molecular formula is C9H10N2S. The Kier molecular flexibility index (Phi) is 2.04. The summed E-state index contributed by atoms with van der Waals surface area (Å²) in [5.74, 6) is 1.06. The molecule has 2 rings (SSSR count). The van der Waals surface area contributed by atoms with Gasteiger partial charge in [0.25, 0.3) is 0 Å². The van der Waals surface area contributed by atoms with Crippen molar-refractivity contribution in [3.05, 3.63) is 30.6 Å². The van der Waals surface area contributed by atoms with Gasteiger partial charge in [-0.25, -0.2) is 4.98 Å². The lowest BCUT2D eigenvalue weighted by molar-refractivity contribution is 0.959. The Balaban J connectivity index is 2.55. The summed E-state index contributed by atoms with van der Waals surface area (Å²) < 4.78 is 2.11. The average molecular weight is 178 g/mol. The zero-order valence-corrected chi connectivity index (χ0v) is 7.71. The normalized spacial score (nSPS) is 10.8. The number of hydrogen-bond donors (Lipinski definition) is 0. The number of imidazole rings is 1. The number of pyridine rings is 1. The highest BCUT2D eigenvalue weighted by Crippen LogP contribution is 2.17. The first-order valence-electron chi connectivity index (χ1n) is 3.96. The van der Waals surface area contributed by atoms with E-state index in [4.69, 9.17) is 0 Å². The molecule has 12 heavy (non-hydrogen) atoms. The van der Waals surface area contributed by atoms with Gasteiger partial charge in [0, 0.05) is 6.20 Å². The molecule has 0 fully saturated rings. The Hall–Kier alpha value is -0.960. The van der Waals surface area contributed by atoms with E-state index in [1.807, 2.05) is 24.5 Å². The first kappa shape index (κ1) is 7.68. The van der Waals surface area contributed by atoms with Gasteiger partial charge in [-0.2, -0.15) is 0 Å².